The van der Waals surface area contributed by atoms with E-state index < -0.39 is 46.3 Å². The second-order valence-electron chi connectivity index (χ2n) is 10.5. The highest BCUT2D eigenvalue weighted by Crippen LogP contribution is 2.53. The van der Waals surface area contributed by atoms with Gasteiger partial charge in [-0.3, -0.25) is 14.4 Å². The maximum atomic E-state index is 14.8. The molecule has 4 rings (SSSR count). The van der Waals surface area contributed by atoms with Gasteiger partial charge in [0.1, 0.15) is 0 Å². The number of allylic oxidation sites excluding steroid dienone is 1. The third kappa shape index (κ3) is 3.60. The molecule has 2 amide bonds. The quantitative estimate of drug-likeness (QED) is 0.705. The number of carbonyl (C=O) groups excluding carboxylic acids is 3. The number of nitrogens with one attached hydrogen (secondary N) is 1. The molecule has 1 aromatic heterocycles. The summed E-state index contributed by atoms with van der Waals surface area (Å²) < 4.78 is 49.5. The molecule has 2 aliphatic carbocycles. The number of rotatable bonds is 3. The van der Waals surface area contributed by atoms with Crippen LogP contribution in [0, 0.1) is 17.3 Å². The van der Waals surface area contributed by atoms with Crippen molar-refractivity contribution in [3.8, 4) is 0 Å². The lowest BCUT2D eigenvalue weighted by molar-refractivity contribution is -0.192. The van der Waals surface area contributed by atoms with Crippen LogP contribution in [-0.4, -0.2) is 40.3 Å². The first kappa shape index (κ1) is 23.6. The number of halogens is 3. The van der Waals surface area contributed by atoms with Gasteiger partial charge in [-0.15, -0.1) is 0 Å². The van der Waals surface area contributed by atoms with Crippen LogP contribution in [-0.2, 0) is 9.59 Å². The molecule has 0 saturated heterocycles. The number of furan rings is 1. The van der Waals surface area contributed by atoms with Gasteiger partial charge in [-0.25, -0.2) is 0 Å². The van der Waals surface area contributed by atoms with Crippen molar-refractivity contribution in [2.45, 2.75) is 77.6 Å². The number of Topliss-reactive ketones (excluding diaryl/α,β-unsaturated/α-hetero) is 1. The Balaban J connectivity index is 1.91. The molecule has 3 aliphatic rings. The highest BCUT2D eigenvalue weighted by atomic mass is 19.4. The van der Waals surface area contributed by atoms with Crippen LogP contribution in [0.5, 0.6) is 0 Å². The molecule has 4 unspecified atom stereocenters. The molecule has 1 aromatic rings. The molecule has 0 spiro atoms. The van der Waals surface area contributed by atoms with Crippen molar-refractivity contribution in [3.05, 3.63) is 35.4 Å². The third-order valence-corrected chi connectivity index (χ3v) is 7.52. The molecule has 4 atom stereocenters. The van der Waals surface area contributed by atoms with E-state index in [9.17, 15) is 27.6 Å². The van der Waals surface area contributed by atoms with Crippen LogP contribution < -0.4 is 5.32 Å². The van der Waals surface area contributed by atoms with Crippen molar-refractivity contribution in [2.24, 2.45) is 17.3 Å². The Morgan fingerprint density at radius 2 is 1.88 bits per heavy atom. The zero-order valence-corrected chi connectivity index (χ0v) is 19.2. The van der Waals surface area contributed by atoms with E-state index >= 15 is 0 Å². The average molecular weight is 467 g/mol. The molecule has 0 aromatic carbocycles. The van der Waals surface area contributed by atoms with E-state index in [4.69, 9.17) is 4.42 Å². The van der Waals surface area contributed by atoms with Crippen LogP contribution in [0.15, 0.2) is 34.1 Å². The molecule has 180 valence electrons. The number of hydrogen-bond donors (Lipinski definition) is 1. The van der Waals surface area contributed by atoms with E-state index in [2.05, 4.69) is 0 Å². The topological polar surface area (TPSA) is 79.6 Å². The fourth-order valence-corrected chi connectivity index (χ4v) is 5.69. The van der Waals surface area contributed by atoms with Gasteiger partial charge in [0.2, 0.25) is 5.54 Å². The van der Waals surface area contributed by atoms with Gasteiger partial charge in [0, 0.05) is 18.2 Å². The van der Waals surface area contributed by atoms with Gasteiger partial charge in [0.15, 0.2) is 11.5 Å². The van der Waals surface area contributed by atoms with Crippen LogP contribution in [0.25, 0.3) is 0 Å². The van der Waals surface area contributed by atoms with Gasteiger partial charge >= 0.3 is 6.18 Å². The van der Waals surface area contributed by atoms with Gasteiger partial charge in [-0.05, 0) is 42.2 Å². The van der Waals surface area contributed by atoms with Crippen LogP contribution in [0.4, 0.5) is 13.2 Å². The minimum absolute atomic E-state index is 0.0543. The second kappa shape index (κ2) is 7.74. The summed E-state index contributed by atoms with van der Waals surface area (Å²) >= 11 is 0. The average Bonchev–Trinajstić information content (AvgIpc) is 3.30. The maximum absolute atomic E-state index is 14.8. The van der Waals surface area contributed by atoms with Crippen LogP contribution in [0.2, 0.25) is 0 Å². The van der Waals surface area contributed by atoms with Gasteiger partial charge in [-0.1, -0.05) is 40.5 Å². The van der Waals surface area contributed by atoms with Gasteiger partial charge in [0.25, 0.3) is 11.8 Å². The van der Waals surface area contributed by atoms with E-state index in [0.717, 1.165) is 19.1 Å². The molecule has 6 nitrogen and oxygen atoms in total. The Bertz CT molecular complexity index is 1010. The summed E-state index contributed by atoms with van der Waals surface area (Å²) in [5.74, 6) is -3.45. The molecule has 2 heterocycles. The minimum Gasteiger partial charge on any atom is -0.459 e. The zero-order valence-electron chi connectivity index (χ0n) is 19.2. The summed E-state index contributed by atoms with van der Waals surface area (Å²) in [6.45, 7) is 7.57. The Hall–Kier alpha value is -2.58. The lowest BCUT2D eigenvalue weighted by Crippen LogP contribution is -2.67. The van der Waals surface area contributed by atoms with Gasteiger partial charge < -0.3 is 14.6 Å². The molecule has 9 heteroatoms. The SMILES string of the molecule is CC1CCCC(N2C(=O)C(NC(=O)c3ccco3)(C(F)(F)F)C3=C2CC(C)(C)CC3=O)C1C. The summed E-state index contributed by atoms with van der Waals surface area (Å²) in [6, 6.07) is 2.10. The first-order valence-corrected chi connectivity index (χ1v) is 11.3. The lowest BCUT2D eigenvalue weighted by Gasteiger charge is -2.43. The van der Waals surface area contributed by atoms with E-state index in [0.29, 0.717) is 6.42 Å². The third-order valence-electron chi connectivity index (χ3n) is 7.52. The largest absolute Gasteiger partial charge is 0.459 e. The van der Waals surface area contributed by atoms with Gasteiger partial charge in [-0.2, -0.15) is 13.2 Å². The monoisotopic (exact) mass is 466 g/mol. The molecule has 1 N–H and O–H groups in total. The number of ketones is 1. The molecule has 1 aliphatic heterocycles. The van der Waals surface area contributed by atoms with Crippen molar-refractivity contribution in [1.82, 2.24) is 10.2 Å². The van der Waals surface area contributed by atoms with Crippen LogP contribution in [0.1, 0.15) is 70.4 Å². The van der Waals surface area contributed by atoms with E-state index in [-0.39, 0.29) is 36.1 Å². The van der Waals surface area contributed by atoms with Gasteiger partial charge in [0.05, 0.1) is 11.8 Å². The van der Waals surface area contributed by atoms with Crippen molar-refractivity contribution in [2.75, 3.05) is 0 Å². The van der Waals surface area contributed by atoms with Crippen molar-refractivity contribution < 1.29 is 32.0 Å². The molecular formula is C24H29F3N2O4. The van der Waals surface area contributed by atoms with Crippen molar-refractivity contribution in [3.63, 3.8) is 0 Å². The van der Waals surface area contributed by atoms with Crippen LogP contribution >= 0.6 is 0 Å². The molecule has 33 heavy (non-hydrogen) atoms. The Morgan fingerprint density at radius 1 is 1.18 bits per heavy atom. The molecular weight excluding hydrogens is 437 g/mol. The predicted molar refractivity (Wildman–Crippen MR) is 113 cm³/mol. The number of alkyl halides is 3. The van der Waals surface area contributed by atoms with E-state index in [1.165, 1.54) is 17.0 Å². The summed E-state index contributed by atoms with van der Waals surface area (Å²) in [6.07, 6.45) is -1.82. The zero-order chi connectivity index (χ0) is 24.3. The summed E-state index contributed by atoms with van der Waals surface area (Å²) in [4.78, 5) is 41.0. The fourth-order valence-electron chi connectivity index (χ4n) is 5.69. The number of amides is 2. The smallest absolute Gasteiger partial charge is 0.425 e. The Labute approximate surface area is 190 Å². The first-order chi connectivity index (χ1) is 15.3. The van der Waals surface area contributed by atoms with E-state index in [1.807, 2.05) is 19.2 Å². The molecule has 1 saturated carbocycles. The van der Waals surface area contributed by atoms with Crippen molar-refractivity contribution >= 4 is 17.6 Å². The number of nitrogens with zero attached hydrogens (tertiary/aromatic N) is 1. The standard InChI is InChI=1S/C24H29F3N2O4/c1-13-7-5-8-15(14(13)2)29-16-11-22(3,4)12-17(30)19(16)23(21(29)32,24(25,26)27)28-20(31)18-9-6-10-33-18/h6,9-10,13-15H,5,7-8,11-12H2,1-4H3,(H,28,31). The molecule has 0 bridgehead atoms. The first-order valence-electron chi connectivity index (χ1n) is 11.3. The summed E-state index contributed by atoms with van der Waals surface area (Å²) in [7, 11) is 0. The molecule has 1 fully saturated rings. The Kier molecular flexibility index (Phi) is 5.53. The lowest BCUT2D eigenvalue weighted by atomic mass is 9.72. The second-order valence-corrected chi connectivity index (χ2v) is 10.5. The normalized spacial score (nSPS) is 32.2. The predicted octanol–water partition coefficient (Wildman–Crippen LogP) is 4.62. The maximum Gasteiger partial charge on any atom is 0.425 e. The highest BCUT2D eigenvalue weighted by Gasteiger charge is 2.72. The molecule has 0 radical (unpaired) electrons. The number of hydrogen-bond acceptors (Lipinski definition) is 4. The fraction of sp³-hybridized carbons (Fsp3) is 0.625. The summed E-state index contributed by atoms with van der Waals surface area (Å²) in [5.41, 5.74) is -4.57. The van der Waals surface area contributed by atoms with Crippen LogP contribution in [0.3, 0.4) is 0 Å². The van der Waals surface area contributed by atoms with Crippen molar-refractivity contribution in [1.29, 1.82) is 0 Å². The van der Waals surface area contributed by atoms with E-state index in [1.54, 1.807) is 13.8 Å². The highest BCUT2D eigenvalue weighted by molar-refractivity contribution is 6.14. The Morgan fingerprint density at radius 3 is 2.48 bits per heavy atom. The minimum atomic E-state index is -5.22. The summed E-state index contributed by atoms with van der Waals surface area (Å²) in [5, 5.41) is 1.91. The number of carbonyl (C=O) groups is 3.